The maximum atomic E-state index is 13.9. The van der Waals surface area contributed by atoms with Crippen LogP contribution in [0.25, 0.3) is 10.9 Å². The Kier molecular flexibility index (Phi) is 5.66. The molecule has 0 bridgehead atoms. The molecule has 0 aliphatic carbocycles. The number of nitrogens with one attached hydrogen (secondary N) is 1. The molecule has 31 heavy (non-hydrogen) atoms. The minimum absolute atomic E-state index is 0.181. The molecule has 1 aromatic heterocycles. The Labute approximate surface area is 183 Å². The number of esters is 1. The molecule has 2 heterocycles. The Hall–Kier alpha value is -2.64. The van der Waals surface area contributed by atoms with Gasteiger partial charge in [-0.1, -0.05) is 49.7 Å². The van der Waals surface area contributed by atoms with Crippen LogP contribution < -0.4 is 0 Å². The second kappa shape index (κ2) is 8.13. The molecule has 4 rings (SSSR count). The van der Waals surface area contributed by atoms with Crippen molar-refractivity contribution in [2.24, 2.45) is 5.92 Å². The van der Waals surface area contributed by atoms with Crippen molar-refractivity contribution < 1.29 is 17.9 Å². The number of benzene rings is 2. The van der Waals surface area contributed by atoms with Crippen LogP contribution in [0.3, 0.4) is 0 Å². The lowest BCUT2D eigenvalue weighted by molar-refractivity contribution is -0.146. The third-order valence-corrected chi connectivity index (χ3v) is 7.89. The monoisotopic (exact) mass is 440 g/mol. The van der Waals surface area contributed by atoms with E-state index in [1.54, 1.807) is 24.3 Å². The Bertz CT molecular complexity index is 1210. The molecular formula is C24H28N2O4S. The van der Waals surface area contributed by atoms with Crippen LogP contribution in [0.4, 0.5) is 0 Å². The summed E-state index contributed by atoms with van der Waals surface area (Å²) in [6, 6.07) is 13.2. The van der Waals surface area contributed by atoms with E-state index >= 15 is 0 Å². The Morgan fingerprint density at radius 1 is 1.16 bits per heavy atom. The van der Waals surface area contributed by atoms with Gasteiger partial charge in [0.25, 0.3) is 0 Å². The summed E-state index contributed by atoms with van der Waals surface area (Å²) in [5.41, 5.74) is 3.77. The Morgan fingerprint density at radius 2 is 1.84 bits per heavy atom. The first kappa shape index (κ1) is 21.6. The molecule has 2 atom stereocenters. The number of H-pyrrole nitrogens is 1. The van der Waals surface area contributed by atoms with E-state index in [0.717, 1.165) is 27.7 Å². The summed E-state index contributed by atoms with van der Waals surface area (Å²) in [6.45, 7) is 6.02. The highest BCUT2D eigenvalue weighted by molar-refractivity contribution is 7.89. The first-order chi connectivity index (χ1) is 14.7. The number of aromatic nitrogens is 1. The number of aryl methyl sites for hydroxylation is 1. The molecular weight excluding hydrogens is 412 g/mol. The number of methoxy groups -OCH3 is 1. The number of sulfonamides is 1. The van der Waals surface area contributed by atoms with Gasteiger partial charge < -0.3 is 9.72 Å². The van der Waals surface area contributed by atoms with Crippen molar-refractivity contribution >= 4 is 26.9 Å². The van der Waals surface area contributed by atoms with Gasteiger partial charge in [-0.05, 0) is 43.0 Å². The molecule has 164 valence electrons. The molecule has 1 aliphatic rings. The minimum Gasteiger partial charge on any atom is -0.468 e. The van der Waals surface area contributed by atoms with Gasteiger partial charge in [0.2, 0.25) is 10.0 Å². The van der Waals surface area contributed by atoms with Gasteiger partial charge in [-0.25, -0.2) is 8.42 Å². The number of hydrogen-bond acceptors (Lipinski definition) is 4. The summed E-state index contributed by atoms with van der Waals surface area (Å²) in [5, 5.41) is 1.02. The maximum Gasteiger partial charge on any atom is 0.324 e. The molecule has 6 nitrogen and oxygen atoms in total. The van der Waals surface area contributed by atoms with Crippen LogP contribution in [0.5, 0.6) is 0 Å². The highest BCUT2D eigenvalue weighted by atomic mass is 32.2. The summed E-state index contributed by atoms with van der Waals surface area (Å²) in [7, 11) is -2.64. The number of fused-ring (bicyclic) bond motifs is 3. The second-order valence-corrected chi connectivity index (χ2v) is 10.4. The number of hydrogen-bond donors (Lipinski definition) is 1. The molecule has 3 aromatic rings. The number of para-hydroxylation sites is 1. The molecule has 0 spiro atoms. The molecule has 7 heteroatoms. The molecule has 1 aliphatic heterocycles. The van der Waals surface area contributed by atoms with E-state index in [-0.39, 0.29) is 17.2 Å². The molecule has 0 unspecified atom stereocenters. The van der Waals surface area contributed by atoms with E-state index in [4.69, 9.17) is 4.74 Å². The molecule has 1 N–H and O–H groups in total. The van der Waals surface area contributed by atoms with Gasteiger partial charge in [-0.15, -0.1) is 0 Å². The lowest BCUT2D eigenvalue weighted by atomic mass is 9.89. The predicted molar refractivity (Wildman–Crippen MR) is 120 cm³/mol. The summed E-state index contributed by atoms with van der Waals surface area (Å²) < 4.78 is 34.1. The molecule has 0 amide bonds. The summed E-state index contributed by atoms with van der Waals surface area (Å²) in [5.74, 6) is -0.322. The van der Waals surface area contributed by atoms with Crippen LogP contribution in [0.1, 0.15) is 43.1 Å². The van der Waals surface area contributed by atoms with Crippen molar-refractivity contribution in [2.75, 3.05) is 7.11 Å². The van der Waals surface area contributed by atoms with E-state index < -0.39 is 28.1 Å². The van der Waals surface area contributed by atoms with Crippen LogP contribution in [0.15, 0.2) is 53.4 Å². The van der Waals surface area contributed by atoms with E-state index in [0.29, 0.717) is 6.42 Å². The largest absolute Gasteiger partial charge is 0.468 e. The number of ether oxygens (including phenoxy) is 1. The Morgan fingerprint density at radius 3 is 2.48 bits per heavy atom. The van der Waals surface area contributed by atoms with Crippen molar-refractivity contribution in [1.82, 2.24) is 9.29 Å². The smallest absolute Gasteiger partial charge is 0.324 e. The fourth-order valence-electron chi connectivity index (χ4n) is 4.51. The number of aromatic amines is 1. The summed E-state index contributed by atoms with van der Waals surface area (Å²) in [4.78, 5) is 16.5. The predicted octanol–water partition coefficient (Wildman–Crippen LogP) is 4.35. The zero-order valence-corrected chi connectivity index (χ0v) is 19.1. The third kappa shape index (κ3) is 3.77. The number of nitrogens with zero attached hydrogens (tertiary/aromatic N) is 1. The summed E-state index contributed by atoms with van der Waals surface area (Å²) >= 11 is 0. The van der Waals surface area contributed by atoms with Gasteiger partial charge in [-0.2, -0.15) is 4.31 Å². The normalized spacial score (nSPS) is 19.5. The topological polar surface area (TPSA) is 79.5 Å². The first-order valence-corrected chi connectivity index (χ1v) is 12.0. The quantitative estimate of drug-likeness (QED) is 0.598. The SMILES string of the molecule is COC(=O)[C@@H]1Cc2c([nH]c3ccccc23)[C@@H](CC(C)C)N1S(=O)(=O)c1ccc(C)cc1. The van der Waals surface area contributed by atoms with Crippen LogP contribution in [-0.2, 0) is 26.0 Å². The standard InChI is InChI=1S/C24H28N2O4S/c1-15(2)13-21-23-19(18-7-5-6-8-20(18)25-23)14-22(24(27)30-4)26(21)31(28,29)17-11-9-16(3)10-12-17/h5-12,15,21-22,25H,13-14H2,1-4H3/t21-,22+/m1/s1. The highest BCUT2D eigenvalue weighted by Gasteiger charge is 2.47. The van der Waals surface area contributed by atoms with Gasteiger partial charge in [0.1, 0.15) is 6.04 Å². The lowest BCUT2D eigenvalue weighted by Gasteiger charge is -2.40. The van der Waals surface area contributed by atoms with Gasteiger partial charge in [0.05, 0.1) is 18.0 Å². The van der Waals surface area contributed by atoms with Crippen molar-refractivity contribution in [1.29, 1.82) is 0 Å². The first-order valence-electron chi connectivity index (χ1n) is 10.5. The fraction of sp³-hybridized carbons (Fsp3) is 0.375. The van der Waals surface area contributed by atoms with Crippen molar-refractivity contribution in [3.63, 3.8) is 0 Å². The van der Waals surface area contributed by atoms with E-state index in [1.807, 2.05) is 31.2 Å². The average Bonchev–Trinajstić information content (AvgIpc) is 3.11. The number of carbonyl (C=O) groups is 1. The van der Waals surface area contributed by atoms with E-state index in [9.17, 15) is 13.2 Å². The highest BCUT2D eigenvalue weighted by Crippen LogP contribution is 2.43. The number of carbonyl (C=O) groups excluding carboxylic acids is 1. The van der Waals surface area contributed by atoms with Gasteiger partial charge in [0, 0.05) is 23.0 Å². The van der Waals surface area contributed by atoms with Crippen LogP contribution in [0, 0.1) is 12.8 Å². The van der Waals surface area contributed by atoms with Gasteiger partial charge in [0.15, 0.2) is 0 Å². The summed E-state index contributed by atoms with van der Waals surface area (Å²) in [6.07, 6.45) is 0.851. The average molecular weight is 441 g/mol. The fourth-order valence-corrected chi connectivity index (χ4v) is 6.26. The number of rotatable bonds is 5. The van der Waals surface area contributed by atoms with Crippen molar-refractivity contribution in [2.45, 2.75) is 50.6 Å². The second-order valence-electron chi connectivity index (χ2n) is 8.60. The van der Waals surface area contributed by atoms with Crippen LogP contribution in [0.2, 0.25) is 0 Å². The lowest BCUT2D eigenvalue weighted by Crippen LogP contribution is -2.51. The zero-order chi connectivity index (χ0) is 22.3. The molecule has 2 aromatic carbocycles. The van der Waals surface area contributed by atoms with E-state index in [1.165, 1.54) is 11.4 Å². The van der Waals surface area contributed by atoms with Crippen LogP contribution in [-0.4, -0.2) is 36.8 Å². The zero-order valence-electron chi connectivity index (χ0n) is 18.3. The Balaban J connectivity index is 1.94. The molecule has 0 saturated carbocycles. The maximum absolute atomic E-state index is 13.9. The van der Waals surface area contributed by atoms with Gasteiger partial charge >= 0.3 is 5.97 Å². The van der Waals surface area contributed by atoms with Crippen LogP contribution >= 0.6 is 0 Å². The minimum atomic E-state index is -3.95. The van der Waals surface area contributed by atoms with Gasteiger partial charge in [-0.3, -0.25) is 4.79 Å². The molecule has 0 saturated heterocycles. The van der Waals surface area contributed by atoms with E-state index in [2.05, 4.69) is 18.8 Å². The van der Waals surface area contributed by atoms with Crippen molar-refractivity contribution in [3.8, 4) is 0 Å². The molecule has 0 radical (unpaired) electrons. The third-order valence-electron chi connectivity index (χ3n) is 5.96. The van der Waals surface area contributed by atoms with Crippen molar-refractivity contribution in [3.05, 3.63) is 65.4 Å². The molecule has 0 fully saturated rings.